The van der Waals surface area contributed by atoms with Gasteiger partial charge in [0.15, 0.2) is 34.5 Å². The molecule has 3 rings (SSSR count). The maximum atomic E-state index is 12.5. The fourth-order valence-electron chi connectivity index (χ4n) is 3.57. The van der Waals surface area contributed by atoms with E-state index in [2.05, 4.69) is 5.32 Å². The zero-order chi connectivity index (χ0) is 27.8. The molecule has 0 aliphatic heterocycles. The number of hydrogen-bond donors (Lipinski definition) is 3. The Morgan fingerprint density at radius 1 is 0.842 bits per heavy atom. The number of methoxy groups -OCH3 is 4. The van der Waals surface area contributed by atoms with Crippen molar-refractivity contribution >= 4 is 29.3 Å². The van der Waals surface area contributed by atoms with E-state index in [0.29, 0.717) is 34.1 Å². The molecule has 0 radical (unpaired) electrons. The van der Waals surface area contributed by atoms with Crippen LogP contribution >= 0.6 is 0 Å². The first-order valence-corrected chi connectivity index (χ1v) is 11.1. The van der Waals surface area contributed by atoms with Crippen molar-refractivity contribution in [1.29, 1.82) is 0 Å². The summed E-state index contributed by atoms with van der Waals surface area (Å²) in [4.78, 5) is 22.8. The molecular formula is C27H26N2O9. The predicted molar refractivity (Wildman–Crippen MR) is 142 cm³/mol. The van der Waals surface area contributed by atoms with E-state index in [0.717, 1.165) is 12.1 Å². The van der Waals surface area contributed by atoms with Gasteiger partial charge in [0.05, 0.1) is 39.0 Å². The number of benzene rings is 3. The molecule has 198 valence electrons. The van der Waals surface area contributed by atoms with Gasteiger partial charge < -0.3 is 34.5 Å². The average molecular weight is 523 g/mol. The van der Waals surface area contributed by atoms with Crippen molar-refractivity contribution in [3.05, 3.63) is 81.5 Å². The lowest BCUT2D eigenvalue weighted by Crippen LogP contribution is -2.00. The Hall–Kier alpha value is -5.19. The van der Waals surface area contributed by atoms with Crippen molar-refractivity contribution in [2.24, 2.45) is 0 Å². The molecule has 0 amide bonds. The molecule has 0 aliphatic rings. The lowest BCUT2D eigenvalue weighted by atomic mass is 10.1. The number of carbonyl (C=O) groups excluding carboxylic acids is 1. The fourth-order valence-corrected chi connectivity index (χ4v) is 3.57. The van der Waals surface area contributed by atoms with Gasteiger partial charge in [0.25, 0.3) is 0 Å². The van der Waals surface area contributed by atoms with Crippen molar-refractivity contribution in [3.8, 4) is 34.5 Å². The maximum absolute atomic E-state index is 12.5. The average Bonchev–Trinajstić information content (AvgIpc) is 2.91. The molecular weight excluding hydrogens is 496 g/mol. The molecule has 0 unspecified atom stereocenters. The van der Waals surface area contributed by atoms with Crippen LogP contribution in [-0.2, 0) is 0 Å². The van der Waals surface area contributed by atoms with Crippen LogP contribution < -0.4 is 24.3 Å². The van der Waals surface area contributed by atoms with Crippen molar-refractivity contribution in [1.82, 2.24) is 0 Å². The second kappa shape index (κ2) is 12.2. The van der Waals surface area contributed by atoms with E-state index in [4.69, 9.17) is 18.9 Å². The van der Waals surface area contributed by atoms with Crippen molar-refractivity contribution < 1.29 is 38.9 Å². The van der Waals surface area contributed by atoms with Gasteiger partial charge in [-0.15, -0.1) is 0 Å². The summed E-state index contributed by atoms with van der Waals surface area (Å²) in [5.41, 5.74) is 1.30. The van der Waals surface area contributed by atoms with Crippen molar-refractivity contribution in [3.63, 3.8) is 0 Å². The van der Waals surface area contributed by atoms with E-state index in [1.807, 2.05) is 0 Å². The highest BCUT2D eigenvalue weighted by molar-refractivity contribution is 6.05. The van der Waals surface area contributed by atoms with E-state index in [-0.39, 0.29) is 17.1 Å². The summed E-state index contributed by atoms with van der Waals surface area (Å²) in [7, 11) is 5.86. The fraction of sp³-hybridized carbons (Fsp3) is 0.148. The van der Waals surface area contributed by atoms with Gasteiger partial charge >= 0.3 is 5.69 Å². The molecule has 0 spiro atoms. The molecule has 0 heterocycles. The topological polar surface area (TPSA) is 150 Å². The number of aromatic hydroxyl groups is 2. The minimum absolute atomic E-state index is 0.0342. The minimum atomic E-state index is -0.770. The number of nitro benzene ring substituents is 1. The number of nitrogens with one attached hydrogen (secondary N) is 1. The summed E-state index contributed by atoms with van der Waals surface area (Å²) < 4.78 is 21.3. The van der Waals surface area contributed by atoms with Crippen LogP contribution in [0.4, 0.5) is 11.4 Å². The number of rotatable bonds is 11. The van der Waals surface area contributed by atoms with Crippen LogP contribution in [0, 0.1) is 10.1 Å². The number of nitro groups is 1. The normalized spacial score (nSPS) is 10.9. The molecule has 3 N–H and O–H groups in total. The first kappa shape index (κ1) is 27.4. The Kier molecular flexibility index (Phi) is 8.78. The smallest absolute Gasteiger partial charge is 0.311 e. The number of ether oxygens (including phenoxy) is 4. The first-order valence-electron chi connectivity index (χ1n) is 11.1. The second-order valence-electron chi connectivity index (χ2n) is 7.72. The molecule has 0 bridgehead atoms. The highest BCUT2D eigenvalue weighted by Gasteiger charge is 2.16. The molecule has 0 saturated carbocycles. The number of carbonyl (C=O) groups is 1. The van der Waals surface area contributed by atoms with Gasteiger partial charge in [-0.2, -0.15) is 0 Å². The Morgan fingerprint density at radius 2 is 1.45 bits per heavy atom. The summed E-state index contributed by atoms with van der Waals surface area (Å²) in [5, 5.41) is 33.8. The van der Waals surface area contributed by atoms with Gasteiger partial charge in [0, 0.05) is 23.9 Å². The third kappa shape index (κ3) is 6.13. The number of phenolic OH excluding ortho intramolecular Hbond substituents is 2. The molecule has 0 aromatic heterocycles. The Bertz CT molecular complexity index is 1410. The molecule has 0 atom stereocenters. The number of hydrogen-bond acceptors (Lipinski definition) is 10. The molecule has 3 aromatic carbocycles. The van der Waals surface area contributed by atoms with Crippen LogP contribution in [0.2, 0.25) is 0 Å². The quantitative estimate of drug-likeness (QED) is 0.103. The maximum Gasteiger partial charge on any atom is 0.311 e. The SMILES string of the molecule is COc1cc(/C=C\c2cc(N/C=C\C(=O)c3ccc(O)c([N+](=O)[O-])c3)c(OC)c(OC)c2)cc(O)c1OC. The lowest BCUT2D eigenvalue weighted by Gasteiger charge is -2.14. The zero-order valence-corrected chi connectivity index (χ0v) is 21.1. The molecule has 38 heavy (non-hydrogen) atoms. The predicted octanol–water partition coefficient (Wildman–Crippen LogP) is 5.02. The third-order valence-electron chi connectivity index (χ3n) is 5.38. The number of anilines is 1. The van der Waals surface area contributed by atoms with Crippen LogP contribution in [0.1, 0.15) is 21.5 Å². The van der Waals surface area contributed by atoms with E-state index < -0.39 is 22.1 Å². The number of phenols is 2. The number of nitrogens with zero attached hydrogens (tertiary/aromatic N) is 1. The van der Waals surface area contributed by atoms with E-state index in [1.165, 1.54) is 52.8 Å². The Balaban J connectivity index is 1.88. The molecule has 0 aliphatic carbocycles. The molecule has 0 saturated heterocycles. The summed E-state index contributed by atoms with van der Waals surface area (Å²) in [6.07, 6.45) is 6.08. The molecule has 11 nitrogen and oxygen atoms in total. The summed E-state index contributed by atoms with van der Waals surface area (Å²) in [6, 6.07) is 10.1. The highest BCUT2D eigenvalue weighted by atomic mass is 16.6. The van der Waals surface area contributed by atoms with Crippen molar-refractivity contribution in [2.45, 2.75) is 0 Å². The van der Waals surface area contributed by atoms with Crippen LogP contribution in [-0.4, -0.2) is 49.4 Å². The van der Waals surface area contributed by atoms with E-state index in [9.17, 15) is 25.1 Å². The molecule has 0 fully saturated rings. The van der Waals surface area contributed by atoms with Gasteiger partial charge in [0.1, 0.15) is 0 Å². The Labute approximate surface area is 218 Å². The third-order valence-corrected chi connectivity index (χ3v) is 5.38. The van der Waals surface area contributed by atoms with Gasteiger partial charge in [0.2, 0.25) is 5.75 Å². The zero-order valence-electron chi connectivity index (χ0n) is 21.1. The second-order valence-corrected chi connectivity index (χ2v) is 7.72. The van der Waals surface area contributed by atoms with Crippen LogP contribution in [0.5, 0.6) is 34.5 Å². The first-order chi connectivity index (χ1) is 18.2. The summed E-state index contributed by atoms with van der Waals surface area (Å²) in [6.45, 7) is 0. The lowest BCUT2D eigenvalue weighted by molar-refractivity contribution is -0.385. The monoisotopic (exact) mass is 522 g/mol. The van der Waals surface area contributed by atoms with E-state index >= 15 is 0 Å². The van der Waals surface area contributed by atoms with Gasteiger partial charge in [-0.1, -0.05) is 12.2 Å². The van der Waals surface area contributed by atoms with Crippen LogP contribution in [0.15, 0.2) is 54.7 Å². The van der Waals surface area contributed by atoms with Crippen LogP contribution in [0.3, 0.4) is 0 Å². The number of allylic oxidation sites excluding steroid dienone is 1. The summed E-state index contributed by atoms with van der Waals surface area (Å²) >= 11 is 0. The van der Waals surface area contributed by atoms with Gasteiger partial charge in [-0.3, -0.25) is 14.9 Å². The largest absolute Gasteiger partial charge is 0.504 e. The van der Waals surface area contributed by atoms with Crippen LogP contribution in [0.25, 0.3) is 12.2 Å². The summed E-state index contributed by atoms with van der Waals surface area (Å²) in [5.74, 6) is 0.275. The minimum Gasteiger partial charge on any atom is -0.504 e. The Morgan fingerprint density at radius 3 is 2.03 bits per heavy atom. The molecule has 3 aromatic rings. The highest BCUT2D eigenvalue weighted by Crippen LogP contribution is 2.39. The number of ketones is 1. The standard InChI is InChI=1S/C27H26N2O9/c1-35-24-13-16(5-6-17-12-23(32)27(38-4)25(14-17)36-2)11-19(26(24)37-3)28-10-9-21(30)18-7-8-22(31)20(15-18)29(33)34/h5-15,28,31-32H,1-4H3/b6-5-,10-9-. The van der Waals surface area contributed by atoms with Crippen molar-refractivity contribution in [2.75, 3.05) is 33.8 Å². The molecule has 11 heteroatoms. The van der Waals surface area contributed by atoms with E-state index in [1.54, 1.807) is 30.4 Å². The van der Waals surface area contributed by atoms with Gasteiger partial charge in [-0.05, 0) is 47.5 Å². The van der Waals surface area contributed by atoms with Gasteiger partial charge in [-0.25, -0.2) is 0 Å².